The first-order chi connectivity index (χ1) is 12.1. The fourth-order valence-corrected chi connectivity index (χ4v) is 2.93. The lowest BCUT2D eigenvalue weighted by Gasteiger charge is -2.32. The molecule has 1 aliphatic rings. The molecule has 2 aromatic rings. The SMILES string of the molecule is CN1CCN(C(=O)/C(C#N)=C/c2ccc(-c3ccc(Br)cc3)o2)CC1.Cl. The third kappa shape index (κ3) is 4.76. The summed E-state index contributed by atoms with van der Waals surface area (Å²) in [5, 5.41) is 9.37. The number of nitrogens with zero attached hydrogens (tertiary/aromatic N) is 3. The Morgan fingerprint density at radius 1 is 1.15 bits per heavy atom. The van der Waals surface area contributed by atoms with Crippen molar-refractivity contribution >= 4 is 40.3 Å². The molecule has 0 saturated carbocycles. The molecule has 1 fully saturated rings. The fourth-order valence-electron chi connectivity index (χ4n) is 2.66. The van der Waals surface area contributed by atoms with Crippen molar-refractivity contribution in [2.24, 2.45) is 0 Å². The molecule has 0 bridgehead atoms. The van der Waals surface area contributed by atoms with Gasteiger partial charge in [-0.1, -0.05) is 28.1 Å². The predicted molar refractivity (Wildman–Crippen MR) is 107 cm³/mol. The molecular formula is C19H19BrClN3O2. The van der Waals surface area contributed by atoms with Gasteiger partial charge in [-0.05, 0) is 31.3 Å². The summed E-state index contributed by atoms with van der Waals surface area (Å²) in [5.41, 5.74) is 1.04. The van der Waals surface area contributed by atoms with Gasteiger partial charge in [0, 0.05) is 42.3 Å². The van der Waals surface area contributed by atoms with Crippen molar-refractivity contribution in [3.8, 4) is 17.4 Å². The highest BCUT2D eigenvalue weighted by Gasteiger charge is 2.22. The van der Waals surface area contributed by atoms with Crippen LogP contribution in [0.3, 0.4) is 0 Å². The van der Waals surface area contributed by atoms with E-state index in [0.717, 1.165) is 23.1 Å². The molecular weight excluding hydrogens is 418 g/mol. The molecule has 0 spiro atoms. The number of rotatable bonds is 3. The fraction of sp³-hybridized carbons (Fsp3) is 0.263. The largest absolute Gasteiger partial charge is 0.457 e. The first-order valence-electron chi connectivity index (χ1n) is 8.02. The zero-order chi connectivity index (χ0) is 17.8. The molecule has 136 valence electrons. The number of nitriles is 1. The number of likely N-dealkylation sites (N-methyl/N-ethyl adjacent to an activating group) is 1. The van der Waals surface area contributed by atoms with Gasteiger partial charge in [0.25, 0.3) is 5.91 Å². The lowest BCUT2D eigenvalue weighted by molar-refractivity contribution is -0.128. The number of hydrogen-bond acceptors (Lipinski definition) is 4. The first kappa shape index (κ1) is 20.2. The smallest absolute Gasteiger partial charge is 0.264 e. The van der Waals surface area contributed by atoms with Crippen LogP contribution in [0.5, 0.6) is 0 Å². The second-order valence-electron chi connectivity index (χ2n) is 5.97. The summed E-state index contributed by atoms with van der Waals surface area (Å²) >= 11 is 3.40. The number of piperazine rings is 1. The number of carbonyl (C=O) groups is 1. The van der Waals surface area contributed by atoms with Crippen LogP contribution in [-0.4, -0.2) is 48.9 Å². The summed E-state index contributed by atoms with van der Waals surface area (Å²) in [7, 11) is 2.02. The number of amides is 1. The maximum absolute atomic E-state index is 12.5. The highest BCUT2D eigenvalue weighted by atomic mass is 79.9. The predicted octanol–water partition coefficient (Wildman–Crippen LogP) is 3.81. The highest BCUT2D eigenvalue weighted by molar-refractivity contribution is 9.10. The molecule has 1 aliphatic heterocycles. The van der Waals surface area contributed by atoms with Crippen molar-refractivity contribution in [2.75, 3.05) is 33.2 Å². The Hall–Kier alpha value is -2.07. The van der Waals surface area contributed by atoms with Crippen LogP contribution in [0, 0.1) is 11.3 Å². The van der Waals surface area contributed by atoms with Crippen molar-refractivity contribution < 1.29 is 9.21 Å². The molecule has 0 radical (unpaired) electrons. The topological polar surface area (TPSA) is 60.5 Å². The molecule has 0 atom stereocenters. The lowest BCUT2D eigenvalue weighted by Crippen LogP contribution is -2.47. The molecule has 26 heavy (non-hydrogen) atoms. The molecule has 0 aliphatic carbocycles. The average Bonchev–Trinajstić information content (AvgIpc) is 3.09. The van der Waals surface area contributed by atoms with Gasteiger partial charge in [-0.15, -0.1) is 12.4 Å². The van der Waals surface area contributed by atoms with Gasteiger partial charge in [0.15, 0.2) is 0 Å². The quantitative estimate of drug-likeness (QED) is 0.542. The maximum Gasteiger partial charge on any atom is 0.264 e. The standard InChI is InChI=1S/C19H18BrN3O2.ClH/c1-22-8-10-23(11-9-22)19(24)15(13-21)12-17-6-7-18(25-17)14-2-4-16(20)5-3-14;/h2-7,12H,8-11H2,1H3;1H/b15-12+;. The molecule has 3 rings (SSSR count). The zero-order valence-electron chi connectivity index (χ0n) is 14.3. The van der Waals surface area contributed by atoms with E-state index in [0.29, 0.717) is 24.6 Å². The van der Waals surface area contributed by atoms with E-state index in [9.17, 15) is 10.1 Å². The van der Waals surface area contributed by atoms with Gasteiger partial charge in [0.2, 0.25) is 0 Å². The lowest BCUT2D eigenvalue weighted by atomic mass is 10.2. The normalized spacial score (nSPS) is 15.3. The van der Waals surface area contributed by atoms with Crippen LogP contribution in [-0.2, 0) is 4.79 Å². The van der Waals surface area contributed by atoms with E-state index in [-0.39, 0.29) is 23.9 Å². The highest BCUT2D eigenvalue weighted by Crippen LogP contribution is 2.25. The summed E-state index contributed by atoms with van der Waals surface area (Å²) in [6.45, 7) is 2.91. The van der Waals surface area contributed by atoms with E-state index in [4.69, 9.17) is 4.42 Å². The summed E-state index contributed by atoms with van der Waals surface area (Å²) in [6.07, 6.45) is 1.52. The number of hydrogen-bond donors (Lipinski definition) is 0. The Morgan fingerprint density at radius 2 is 1.81 bits per heavy atom. The number of halogens is 2. The summed E-state index contributed by atoms with van der Waals surface area (Å²) in [4.78, 5) is 16.4. The Kier molecular flexibility index (Phi) is 7.04. The number of furan rings is 1. The van der Waals surface area contributed by atoms with E-state index in [1.807, 2.05) is 43.4 Å². The molecule has 0 N–H and O–H groups in total. The number of carbonyl (C=O) groups excluding carboxylic acids is 1. The Bertz CT molecular complexity index is 831. The van der Waals surface area contributed by atoms with Crippen molar-refractivity contribution in [3.05, 3.63) is 52.2 Å². The molecule has 0 unspecified atom stereocenters. The molecule has 1 aromatic heterocycles. The van der Waals surface area contributed by atoms with Crippen LogP contribution in [0.2, 0.25) is 0 Å². The minimum absolute atomic E-state index is 0. The van der Waals surface area contributed by atoms with E-state index in [2.05, 4.69) is 20.8 Å². The summed E-state index contributed by atoms with van der Waals surface area (Å²) in [5.74, 6) is 0.956. The van der Waals surface area contributed by atoms with E-state index < -0.39 is 0 Å². The third-order valence-corrected chi connectivity index (χ3v) is 4.71. The van der Waals surface area contributed by atoms with E-state index >= 15 is 0 Å². The van der Waals surface area contributed by atoms with Crippen LogP contribution < -0.4 is 0 Å². The second kappa shape index (κ2) is 9.04. The van der Waals surface area contributed by atoms with Gasteiger partial charge in [-0.25, -0.2) is 0 Å². The van der Waals surface area contributed by atoms with E-state index in [1.54, 1.807) is 11.0 Å². The monoisotopic (exact) mass is 435 g/mol. The minimum atomic E-state index is -0.239. The van der Waals surface area contributed by atoms with Crippen LogP contribution in [0.15, 0.2) is 50.9 Å². The molecule has 1 saturated heterocycles. The van der Waals surface area contributed by atoms with Gasteiger partial charge in [-0.2, -0.15) is 5.26 Å². The Morgan fingerprint density at radius 3 is 2.42 bits per heavy atom. The van der Waals surface area contributed by atoms with Crippen molar-refractivity contribution in [2.45, 2.75) is 0 Å². The van der Waals surface area contributed by atoms with Crippen LogP contribution >= 0.6 is 28.3 Å². The second-order valence-corrected chi connectivity index (χ2v) is 6.89. The molecule has 2 heterocycles. The van der Waals surface area contributed by atoms with Crippen molar-refractivity contribution in [3.63, 3.8) is 0 Å². The Balaban J connectivity index is 0.00000243. The van der Waals surface area contributed by atoms with Crippen LogP contribution in [0.4, 0.5) is 0 Å². The van der Waals surface area contributed by atoms with Crippen molar-refractivity contribution in [1.29, 1.82) is 5.26 Å². The van der Waals surface area contributed by atoms with Crippen molar-refractivity contribution in [1.82, 2.24) is 9.80 Å². The van der Waals surface area contributed by atoms with Gasteiger partial charge < -0.3 is 14.2 Å². The third-order valence-electron chi connectivity index (χ3n) is 4.18. The maximum atomic E-state index is 12.5. The molecule has 1 aromatic carbocycles. The van der Waals surface area contributed by atoms with Gasteiger partial charge in [-0.3, -0.25) is 4.79 Å². The zero-order valence-corrected chi connectivity index (χ0v) is 16.7. The number of benzene rings is 1. The van der Waals surface area contributed by atoms with Gasteiger partial charge in [0.1, 0.15) is 23.2 Å². The summed E-state index contributed by atoms with van der Waals surface area (Å²) < 4.78 is 6.77. The molecule has 7 heteroatoms. The van der Waals surface area contributed by atoms with Gasteiger partial charge in [0.05, 0.1) is 0 Å². The average molecular weight is 437 g/mol. The minimum Gasteiger partial charge on any atom is -0.457 e. The van der Waals surface area contributed by atoms with E-state index in [1.165, 1.54) is 6.08 Å². The first-order valence-corrected chi connectivity index (χ1v) is 8.81. The van der Waals surface area contributed by atoms with Crippen LogP contribution in [0.1, 0.15) is 5.76 Å². The molecule has 5 nitrogen and oxygen atoms in total. The molecule has 1 amide bonds. The van der Waals surface area contributed by atoms with Crippen LogP contribution in [0.25, 0.3) is 17.4 Å². The Labute approximate surface area is 167 Å². The summed E-state index contributed by atoms with van der Waals surface area (Å²) in [6, 6.07) is 13.4. The van der Waals surface area contributed by atoms with Gasteiger partial charge >= 0.3 is 0 Å².